The monoisotopic (exact) mass is 322 g/mol. The van der Waals surface area contributed by atoms with Gasteiger partial charge in [0, 0.05) is 29.8 Å². The minimum Gasteiger partial charge on any atom is -0.316 e. The molecule has 1 saturated carbocycles. The lowest BCUT2D eigenvalue weighted by Crippen LogP contribution is -2.30. The van der Waals surface area contributed by atoms with Gasteiger partial charge in [0.05, 0.1) is 5.69 Å². The molecule has 0 saturated heterocycles. The summed E-state index contributed by atoms with van der Waals surface area (Å²) in [6.07, 6.45) is 6.36. The molecule has 1 aliphatic rings. The predicted molar refractivity (Wildman–Crippen MR) is 98.0 cm³/mol. The van der Waals surface area contributed by atoms with Gasteiger partial charge in [0.15, 0.2) is 5.78 Å². The molecular formula is C21H26N2O. The van der Waals surface area contributed by atoms with Crippen molar-refractivity contribution in [1.29, 1.82) is 0 Å². The van der Waals surface area contributed by atoms with E-state index in [1.54, 1.807) is 6.20 Å². The maximum atomic E-state index is 12.8. The van der Waals surface area contributed by atoms with Crippen molar-refractivity contribution in [3.63, 3.8) is 0 Å². The Kier molecular flexibility index (Phi) is 5.76. The lowest BCUT2D eigenvalue weighted by atomic mass is 9.94. The first-order chi connectivity index (χ1) is 11.8. The molecule has 0 bridgehead atoms. The molecule has 1 aromatic heterocycles. The molecule has 1 aromatic carbocycles. The molecule has 0 spiro atoms. The minimum atomic E-state index is 0.0538. The lowest BCUT2D eigenvalue weighted by Gasteiger charge is -2.16. The summed E-state index contributed by atoms with van der Waals surface area (Å²) in [5.41, 5.74) is 2.71. The van der Waals surface area contributed by atoms with E-state index in [-0.39, 0.29) is 11.7 Å². The van der Waals surface area contributed by atoms with Gasteiger partial charge in [0.25, 0.3) is 0 Å². The van der Waals surface area contributed by atoms with Crippen LogP contribution in [0.4, 0.5) is 0 Å². The van der Waals surface area contributed by atoms with Gasteiger partial charge in [0.1, 0.15) is 0 Å². The average Bonchev–Trinajstić information content (AvgIpc) is 3.46. The van der Waals surface area contributed by atoms with Crippen LogP contribution in [0.3, 0.4) is 0 Å². The van der Waals surface area contributed by atoms with Gasteiger partial charge in [-0.05, 0) is 43.9 Å². The Labute approximate surface area is 144 Å². The van der Waals surface area contributed by atoms with Gasteiger partial charge in [0.2, 0.25) is 0 Å². The van der Waals surface area contributed by atoms with E-state index in [1.807, 2.05) is 42.5 Å². The molecule has 0 radical (unpaired) electrons. The molecule has 3 rings (SSSR count). The standard InChI is InChI=1S/C21H26N2O/c1-2-6-18(14-22-13-16-9-10-16)21(24)19-11-12-20(23-15-19)17-7-4-3-5-8-17/h3-5,7-8,11-12,15-16,18,22H,2,6,9-10,13-14H2,1H3. The second-order valence-electron chi connectivity index (χ2n) is 6.75. The van der Waals surface area contributed by atoms with Gasteiger partial charge in [-0.1, -0.05) is 43.7 Å². The van der Waals surface area contributed by atoms with E-state index in [1.165, 1.54) is 12.8 Å². The van der Waals surface area contributed by atoms with E-state index in [2.05, 4.69) is 17.2 Å². The zero-order chi connectivity index (χ0) is 16.8. The number of hydrogen-bond donors (Lipinski definition) is 1. The quantitative estimate of drug-likeness (QED) is 0.698. The van der Waals surface area contributed by atoms with Gasteiger partial charge in [-0.2, -0.15) is 0 Å². The van der Waals surface area contributed by atoms with Crippen LogP contribution in [0.25, 0.3) is 11.3 Å². The minimum absolute atomic E-state index is 0.0538. The van der Waals surface area contributed by atoms with Crippen LogP contribution in [0.2, 0.25) is 0 Å². The fourth-order valence-corrected chi connectivity index (χ4v) is 3.01. The Bertz CT molecular complexity index is 647. The second-order valence-corrected chi connectivity index (χ2v) is 6.75. The molecule has 126 valence electrons. The highest BCUT2D eigenvalue weighted by Gasteiger charge is 2.23. The topological polar surface area (TPSA) is 42.0 Å². The Morgan fingerprint density at radius 3 is 2.62 bits per heavy atom. The number of pyridine rings is 1. The number of hydrogen-bond acceptors (Lipinski definition) is 3. The Hall–Kier alpha value is -2.00. The molecule has 0 aliphatic heterocycles. The Balaban J connectivity index is 1.64. The first-order valence-corrected chi connectivity index (χ1v) is 9.04. The fraction of sp³-hybridized carbons (Fsp3) is 0.429. The van der Waals surface area contributed by atoms with Gasteiger partial charge in [-0.3, -0.25) is 9.78 Å². The fourth-order valence-electron chi connectivity index (χ4n) is 3.01. The van der Waals surface area contributed by atoms with Gasteiger partial charge >= 0.3 is 0 Å². The Morgan fingerprint density at radius 1 is 1.21 bits per heavy atom. The summed E-state index contributed by atoms with van der Waals surface area (Å²) >= 11 is 0. The largest absolute Gasteiger partial charge is 0.316 e. The van der Waals surface area contributed by atoms with E-state index in [4.69, 9.17) is 0 Å². The summed E-state index contributed by atoms with van der Waals surface area (Å²) in [5, 5.41) is 3.48. The number of nitrogens with zero attached hydrogens (tertiary/aromatic N) is 1. The third kappa shape index (κ3) is 4.51. The van der Waals surface area contributed by atoms with Crippen LogP contribution in [0, 0.1) is 11.8 Å². The van der Waals surface area contributed by atoms with E-state index in [0.29, 0.717) is 0 Å². The maximum Gasteiger partial charge on any atom is 0.168 e. The highest BCUT2D eigenvalue weighted by Crippen LogP contribution is 2.27. The molecule has 1 fully saturated rings. The third-order valence-electron chi connectivity index (χ3n) is 4.65. The van der Waals surface area contributed by atoms with Crippen LogP contribution in [-0.4, -0.2) is 23.9 Å². The second kappa shape index (κ2) is 8.20. The summed E-state index contributed by atoms with van der Waals surface area (Å²) in [7, 11) is 0. The number of ketones is 1. The van der Waals surface area contributed by atoms with Gasteiger partial charge < -0.3 is 5.32 Å². The molecule has 1 unspecified atom stereocenters. The van der Waals surface area contributed by atoms with Crippen LogP contribution in [0.15, 0.2) is 48.7 Å². The first-order valence-electron chi connectivity index (χ1n) is 9.04. The third-order valence-corrected chi connectivity index (χ3v) is 4.65. The number of Topliss-reactive ketones (excluding diaryl/α,β-unsaturated/α-hetero) is 1. The molecule has 1 N–H and O–H groups in total. The van der Waals surface area contributed by atoms with E-state index >= 15 is 0 Å². The van der Waals surface area contributed by atoms with Crippen molar-refractivity contribution in [2.24, 2.45) is 11.8 Å². The number of aromatic nitrogens is 1. The smallest absolute Gasteiger partial charge is 0.168 e. The van der Waals surface area contributed by atoms with Gasteiger partial charge in [-0.15, -0.1) is 0 Å². The zero-order valence-corrected chi connectivity index (χ0v) is 14.4. The van der Waals surface area contributed by atoms with Crippen molar-refractivity contribution in [3.8, 4) is 11.3 Å². The predicted octanol–water partition coefficient (Wildman–Crippen LogP) is 4.35. The van der Waals surface area contributed by atoms with Crippen molar-refractivity contribution in [1.82, 2.24) is 10.3 Å². The highest BCUT2D eigenvalue weighted by molar-refractivity contribution is 5.98. The lowest BCUT2D eigenvalue weighted by molar-refractivity contribution is 0.0910. The molecule has 3 heteroatoms. The SMILES string of the molecule is CCCC(CNCC1CC1)C(=O)c1ccc(-c2ccccc2)nc1. The number of nitrogens with one attached hydrogen (secondary N) is 1. The average molecular weight is 322 g/mol. The van der Waals surface area contributed by atoms with Crippen molar-refractivity contribution in [2.45, 2.75) is 32.6 Å². The molecule has 1 aliphatic carbocycles. The highest BCUT2D eigenvalue weighted by atomic mass is 16.1. The van der Waals surface area contributed by atoms with E-state index in [0.717, 1.165) is 48.7 Å². The van der Waals surface area contributed by atoms with Crippen LogP contribution in [-0.2, 0) is 0 Å². The molecule has 1 heterocycles. The molecule has 1 atom stereocenters. The molecular weight excluding hydrogens is 296 g/mol. The number of rotatable bonds is 9. The van der Waals surface area contributed by atoms with Gasteiger partial charge in [-0.25, -0.2) is 0 Å². The molecule has 2 aromatic rings. The number of carbonyl (C=O) groups is 1. The summed E-state index contributed by atoms with van der Waals surface area (Å²) in [4.78, 5) is 17.3. The summed E-state index contributed by atoms with van der Waals surface area (Å²) in [6, 6.07) is 13.9. The van der Waals surface area contributed by atoms with Crippen molar-refractivity contribution < 1.29 is 4.79 Å². The normalized spacial score (nSPS) is 15.2. The summed E-state index contributed by atoms with van der Waals surface area (Å²) in [6.45, 7) is 3.97. The molecule has 3 nitrogen and oxygen atoms in total. The maximum absolute atomic E-state index is 12.8. The van der Waals surface area contributed by atoms with Crippen molar-refractivity contribution in [3.05, 3.63) is 54.2 Å². The summed E-state index contributed by atoms with van der Waals surface area (Å²) in [5.74, 6) is 1.11. The Morgan fingerprint density at radius 2 is 2.00 bits per heavy atom. The van der Waals surface area contributed by atoms with E-state index < -0.39 is 0 Å². The van der Waals surface area contributed by atoms with Crippen molar-refractivity contribution in [2.75, 3.05) is 13.1 Å². The number of carbonyl (C=O) groups excluding carboxylic acids is 1. The first kappa shape index (κ1) is 16.8. The zero-order valence-electron chi connectivity index (χ0n) is 14.4. The van der Waals surface area contributed by atoms with Crippen LogP contribution < -0.4 is 5.32 Å². The van der Waals surface area contributed by atoms with Crippen LogP contribution in [0.5, 0.6) is 0 Å². The summed E-state index contributed by atoms with van der Waals surface area (Å²) < 4.78 is 0. The van der Waals surface area contributed by atoms with Crippen LogP contribution in [0.1, 0.15) is 43.0 Å². The van der Waals surface area contributed by atoms with Crippen molar-refractivity contribution >= 4 is 5.78 Å². The van der Waals surface area contributed by atoms with E-state index in [9.17, 15) is 4.79 Å². The van der Waals surface area contributed by atoms with Crippen LogP contribution >= 0.6 is 0 Å². The molecule has 0 amide bonds. The molecule has 24 heavy (non-hydrogen) atoms. The number of benzene rings is 1.